The number of hydrogen-bond acceptors (Lipinski definition) is 4. The minimum Gasteiger partial charge on any atom is -0.361 e. The first-order valence-corrected chi connectivity index (χ1v) is 9.13. The Labute approximate surface area is 156 Å². The van der Waals surface area contributed by atoms with Crippen molar-refractivity contribution in [1.29, 1.82) is 0 Å². The zero-order valence-electron chi connectivity index (χ0n) is 15.3. The first kappa shape index (κ1) is 17.3. The van der Waals surface area contributed by atoms with Crippen LogP contribution in [0.5, 0.6) is 0 Å². The van der Waals surface area contributed by atoms with Crippen molar-refractivity contribution >= 4 is 22.7 Å². The Balaban J connectivity index is 1.32. The van der Waals surface area contributed by atoms with E-state index in [0.29, 0.717) is 44.1 Å². The highest BCUT2D eigenvalue weighted by atomic mass is 16.5. The van der Waals surface area contributed by atoms with Crippen molar-refractivity contribution in [3.8, 4) is 0 Å². The van der Waals surface area contributed by atoms with E-state index >= 15 is 0 Å². The molecule has 0 unspecified atom stereocenters. The summed E-state index contributed by atoms with van der Waals surface area (Å²) >= 11 is 0. The summed E-state index contributed by atoms with van der Waals surface area (Å²) in [5.41, 5.74) is 2.70. The lowest BCUT2D eigenvalue weighted by Gasteiger charge is -2.34. The summed E-state index contributed by atoms with van der Waals surface area (Å²) < 4.78 is 5.01. The van der Waals surface area contributed by atoms with Crippen LogP contribution in [0.2, 0.25) is 0 Å². The largest absolute Gasteiger partial charge is 0.361 e. The maximum absolute atomic E-state index is 12.7. The van der Waals surface area contributed by atoms with Gasteiger partial charge in [-0.25, -0.2) is 0 Å². The van der Waals surface area contributed by atoms with E-state index in [1.807, 2.05) is 35.4 Å². The van der Waals surface area contributed by atoms with E-state index in [1.54, 1.807) is 17.9 Å². The van der Waals surface area contributed by atoms with Gasteiger partial charge < -0.3 is 19.3 Å². The fourth-order valence-electron chi connectivity index (χ4n) is 3.53. The molecule has 0 aliphatic carbocycles. The number of carbonyl (C=O) groups excluding carboxylic acids is 2. The van der Waals surface area contributed by atoms with Crippen LogP contribution in [0.1, 0.15) is 17.0 Å². The number of H-pyrrole nitrogens is 1. The van der Waals surface area contributed by atoms with Gasteiger partial charge in [-0.15, -0.1) is 0 Å². The summed E-state index contributed by atoms with van der Waals surface area (Å²) in [6, 6.07) is 9.76. The van der Waals surface area contributed by atoms with Gasteiger partial charge in [0.25, 0.3) is 0 Å². The van der Waals surface area contributed by atoms with E-state index in [2.05, 4.69) is 10.1 Å². The number of hydrogen-bond donors (Lipinski definition) is 1. The number of rotatable bonds is 4. The zero-order valence-corrected chi connectivity index (χ0v) is 15.3. The molecular formula is C20H22N4O3. The molecule has 3 aromatic rings. The van der Waals surface area contributed by atoms with Gasteiger partial charge in [0.1, 0.15) is 5.76 Å². The minimum atomic E-state index is 0.0204. The van der Waals surface area contributed by atoms with Gasteiger partial charge in [-0.2, -0.15) is 0 Å². The van der Waals surface area contributed by atoms with Crippen molar-refractivity contribution in [2.24, 2.45) is 0 Å². The van der Waals surface area contributed by atoms with Crippen molar-refractivity contribution in [3.63, 3.8) is 0 Å². The summed E-state index contributed by atoms with van der Waals surface area (Å²) in [4.78, 5) is 31.9. The summed E-state index contributed by atoms with van der Waals surface area (Å²) in [6.45, 7) is 4.03. The zero-order chi connectivity index (χ0) is 18.8. The number of benzene rings is 1. The van der Waals surface area contributed by atoms with Crippen molar-refractivity contribution in [2.45, 2.75) is 19.8 Å². The maximum Gasteiger partial charge on any atom is 0.228 e. The van der Waals surface area contributed by atoms with E-state index in [9.17, 15) is 9.59 Å². The molecule has 0 atom stereocenters. The molecule has 1 aliphatic rings. The fourth-order valence-corrected chi connectivity index (χ4v) is 3.53. The molecule has 1 saturated heterocycles. The molecular weight excluding hydrogens is 344 g/mol. The molecule has 140 valence electrons. The van der Waals surface area contributed by atoms with Crippen LogP contribution >= 0.6 is 0 Å². The quantitative estimate of drug-likeness (QED) is 0.765. The number of aromatic nitrogens is 2. The number of nitrogens with zero attached hydrogens (tertiary/aromatic N) is 3. The van der Waals surface area contributed by atoms with E-state index in [1.165, 1.54) is 0 Å². The molecule has 0 radical (unpaired) electrons. The minimum absolute atomic E-state index is 0.0204. The Kier molecular flexibility index (Phi) is 4.66. The average molecular weight is 366 g/mol. The molecule has 0 bridgehead atoms. The van der Waals surface area contributed by atoms with Crippen LogP contribution in [-0.2, 0) is 22.4 Å². The first-order valence-electron chi connectivity index (χ1n) is 9.13. The first-order chi connectivity index (χ1) is 13.1. The maximum atomic E-state index is 12.7. The molecule has 1 aliphatic heterocycles. The molecule has 7 nitrogen and oxygen atoms in total. The third-order valence-corrected chi connectivity index (χ3v) is 5.01. The van der Waals surface area contributed by atoms with E-state index in [4.69, 9.17) is 4.52 Å². The number of para-hydroxylation sites is 1. The number of amides is 2. The normalized spacial score (nSPS) is 14.7. The Morgan fingerprint density at radius 2 is 1.74 bits per heavy atom. The Morgan fingerprint density at radius 1 is 1.07 bits per heavy atom. The molecule has 4 rings (SSSR count). The van der Waals surface area contributed by atoms with Gasteiger partial charge in [0, 0.05) is 49.3 Å². The highest BCUT2D eigenvalue weighted by Crippen LogP contribution is 2.19. The Hall–Kier alpha value is -3.09. The number of fused-ring (bicyclic) bond motifs is 1. The molecule has 1 N–H and O–H groups in total. The smallest absolute Gasteiger partial charge is 0.228 e. The van der Waals surface area contributed by atoms with E-state index < -0.39 is 0 Å². The number of piperazine rings is 1. The van der Waals surface area contributed by atoms with Gasteiger partial charge in [0.2, 0.25) is 11.8 Å². The molecule has 1 aromatic carbocycles. The third-order valence-electron chi connectivity index (χ3n) is 5.01. The standard InChI is InChI=1S/C20H22N4O3/c1-14-10-16(22-27-14)12-20(26)24-8-6-23(7-9-24)19(25)11-15-13-21-18-5-3-2-4-17(15)18/h2-5,10,13,21H,6-9,11-12H2,1H3. The van der Waals surface area contributed by atoms with Crippen LogP contribution in [0.3, 0.4) is 0 Å². The molecule has 3 heterocycles. The molecule has 1 fully saturated rings. The summed E-state index contributed by atoms with van der Waals surface area (Å²) in [5.74, 6) is 0.816. The second kappa shape index (κ2) is 7.26. The molecule has 0 saturated carbocycles. The van der Waals surface area contributed by atoms with Gasteiger partial charge in [-0.1, -0.05) is 23.4 Å². The summed E-state index contributed by atoms with van der Waals surface area (Å²) in [7, 11) is 0. The Morgan fingerprint density at radius 3 is 2.41 bits per heavy atom. The molecule has 7 heteroatoms. The van der Waals surface area contributed by atoms with Gasteiger partial charge in [-0.05, 0) is 18.6 Å². The second-order valence-electron chi connectivity index (χ2n) is 6.90. The lowest BCUT2D eigenvalue weighted by molar-refractivity contribution is -0.138. The monoisotopic (exact) mass is 366 g/mol. The summed E-state index contributed by atoms with van der Waals surface area (Å²) in [5, 5.41) is 4.96. The van der Waals surface area contributed by atoms with Crippen LogP contribution in [0.4, 0.5) is 0 Å². The lowest BCUT2D eigenvalue weighted by atomic mass is 10.1. The molecule has 27 heavy (non-hydrogen) atoms. The third kappa shape index (κ3) is 3.72. The fraction of sp³-hybridized carbons (Fsp3) is 0.350. The SMILES string of the molecule is Cc1cc(CC(=O)N2CCN(C(=O)Cc3c[nH]c4ccccc34)CC2)no1. The lowest BCUT2D eigenvalue weighted by Crippen LogP contribution is -2.51. The van der Waals surface area contributed by atoms with Crippen molar-refractivity contribution < 1.29 is 14.1 Å². The van der Waals surface area contributed by atoms with E-state index in [-0.39, 0.29) is 18.2 Å². The van der Waals surface area contributed by atoms with Crippen LogP contribution < -0.4 is 0 Å². The van der Waals surface area contributed by atoms with Gasteiger partial charge in [-0.3, -0.25) is 9.59 Å². The topological polar surface area (TPSA) is 82.4 Å². The highest BCUT2D eigenvalue weighted by molar-refractivity contribution is 5.89. The second-order valence-corrected chi connectivity index (χ2v) is 6.90. The highest BCUT2D eigenvalue weighted by Gasteiger charge is 2.25. The van der Waals surface area contributed by atoms with Crippen molar-refractivity contribution in [3.05, 3.63) is 53.5 Å². The van der Waals surface area contributed by atoms with Crippen LogP contribution in [0, 0.1) is 6.92 Å². The average Bonchev–Trinajstić information content (AvgIpc) is 3.28. The molecule has 2 aromatic heterocycles. The molecule has 0 spiro atoms. The number of carbonyl (C=O) groups is 2. The van der Waals surface area contributed by atoms with Crippen LogP contribution in [0.25, 0.3) is 10.9 Å². The van der Waals surface area contributed by atoms with Gasteiger partial charge in [0.15, 0.2) is 0 Å². The predicted octanol–water partition coefficient (Wildman–Crippen LogP) is 1.92. The van der Waals surface area contributed by atoms with Gasteiger partial charge >= 0.3 is 0 Å². The number of aromatic amines is 1. The molecule has 2 amide bonds. The predicted molar refractivity (Wildman–Crippen MR) is 100 cm³/mol. The van der Waals surface area contributed by atoms with Crippen LogP contribution in [-0.4, -0.2) is 57.9 Å². The van der Waals surface area contributed by atoms with Crippen LogP contribution in [0.15, 0.2) is 41.1 Å². The van der Waals surface area contributed by atoms with Gasteiger partial charge in [0.05, 0.1) is 18.5 Å². The summed E-state index contributed by atoms with van der Waals surface area (Å²) in [6.07, 6.45) is 2.51. The number of aryl methyl sites for hydroxylation is 1. The van der Waals surface area contributed by atoms with Crippen molar-refractivity contribution in [1.82, 2.24) is 19.9 Å². The number of nitrogens with one attached hydrogen (secondary N) is 1. The Bertz CT molecular complexity index is 966. The van der Waals surface area contributed by atoms with Crippen molar-refractivity contribution in [2.75, 3.05) is 26.2 Å². The van der Waals surface area contributed by atoms with E-state index in [0.717, 1.165) is 16.5 Å².